The van der Waals surface area contributed by atoms with E-state index >= 15 is 0 Å². The Kier molecular flexibility index (Phi) is 4.46. The van der Waals surface area contributed by atoms with Gasteiger partial charge in [-0.25, -0.2) is 13.4 Å². The highest BCUT2D eigenvalue weighted by Crippen LogP contribution is 2.19. The van der Waals surface area contributed by atoms with E-state index in [9.17, 15) is 8.42 Å². The molecule has 2 aromatic heterocycles. The molecule has 0 radical (unpaired) electrons. The number of sulfone groups is 1. The van der Waals surface area contributed by atoms with Crippen LogP contribution in [0.4, 0.5) is 5.95 Å². The number of nitrogens with one attached hydrogen (secondary N) is 1. The summed E-state index contributed by atoms with van der Waals surface area (Å²) in [6.45, 7) is 0.850. The van der Waals surface area contributed by atoms with E-state index in [0.29, 0.717) is 24.6 Å². The van der Waals surface area contributed by atoms with Crippen molar-refractivity contribution in [2.75, 3.05) is 17.3 Å². The van der Waals surface area contributed by atoms with Crippen LogP contribution in [-0.2, 0) is 30.0 Å². The Morgan fingerprint density at radius 2 is 2.16 bits per heavy atom. The first-order valence-corrected chi connectivity index (χ1v) is 9.71. The zero-order valence-corrected chi connectivity index (χ0v) is 14.8. The van der Waals surface area contributed by atoms with Gasteiger partial charge in [0.2, 0.25) is 5.95 Å². The number of hydrogen-bond donors (Lipinski definition) is 1. The van der Waals surface area contributed by atoms with Crippen molar-refractivity contribution in [3.05, 3.63) is 41.7 Å². The molecule has 0 aliphatic rings. The molecule has 1 aromatic carbocycles. The van der Waals surface area contributed by atoms with Crippen molar-refractivity contribution in [2.24, 2.45) is 7.05 Å². The van der Waals surface area contributed by atoms with Crippen molar-refractivity contribution in [3.8, 4) is 6.07 Å². The lowest BCUT2D eigenvalue weighted by Crippen LogP contribution is -2.11. The standard InChI is InChI=1S/C16H18N6O2S/c1-21-15-4-3-12(8-17)7-14(15)20-16(21)18-9-13-10-19-22(11-13)5-6-25(2,23)24/h3-4,7,10-11H,5-6,9H2,1-2H3,(H,18,20). The van der Waals surface area contributed by atoms with Crippen LogP contribution in [0.1, 0.15) is 11.1 Å². The van der Waals surface area contributed by atoms with E-state index in [-0.39, 0.29) is 5.75 Å². The van der Waals surface area contributed by atoms with Gasteiger partial charge in [-0.1, -0.05) is 0 Å². The molecular weight excluding hydrogens is 340 g/mol. The highest BCUT2D eigenvalue weighted by molar-refractivity contribution is 7.90. The van der Waals surface area contributed by atoms with Gasteiger partial charge in [-0.2, -0.15) is 10.4 Å². The molecule has 0 saturated carbocycles. The van der Waals surface area contributed by atoms with Gasteiger partial charge in [-0.05, 0) is 18.2 Å². The van der Waals surface area contributed by atoms with Crippen LogP contribution in [0.15, 0.2) is 30.6 Å². The van der Waals surface area contributed by atoms with Gasteiger partial charge in [-0.3, -0.25) is 4.68 Å². The monoisotopic (exact) mass is 358 g/mol. The molecule has 0 spiro atoms. The Hall–Kier alpha value is -2.86. The highest BCUT2D eigenvalue weighted by atomic mass is 32.2. The summed E-state index contributed by atoms with van der Waals surface area (Å²) in [5.41, 5.74) is 3.20. The molecule has 9 heteroatoms. The summed E-state index contributed by atoms with van der Waals surface area (Å²) in [5.74, 6) is 0.752. The van der Waals surface area contributed by atoms with Gasteiger partial charge in [0.15, 0.2) is 0 Å². The van der Waals surface area contributed by atoms with Crippen LogP contribution >= 0.6 is 0 Å². The van der Waals surface area contributed by atoms with Crippen LogP contribution in [0.5, 0.6) is 0 Å². The van der Waals surface area contributed by atoms with Gasteiger partial charge in [0, 0.05) is 31.6 Å². The molecule has 3 rings (SSSR count). The molecule has 0 bridgehead atoms. The van der Waals surface area contributed by atoms with E-state index in [4.69, 9.17) is 5.26 Å². The summed E-state index contributed by atoms with van der Waals surface area (Å²) in [6.07, 6.45) is 4.72. The van der Waals surface area contributed by atoms with E-state index in [1.165, 1.54) is 6.26 Å². The average Bonchev–Trinajstić information content (AvgIpc) is 3.15. The predicted octanol–water partition coefficient (Wildman–Crippen LogP) is 1.30. The Bertz CT molecular complexity index is 1060. The van der Waals surface area contributed by atoms with Gasteiger partial charge in [0.05, 0.1) is 41.2 Å². The van der Waals surface area contributed by atoms with Crippen LogP contribution in [0.25, 0.3) is 11.0 Å². The Labute approximate surface area is 145 Å². The normalized spacial score (nSPS) is 11.6. The average molecular weight is 358 g/mol. The fraction of sp³-hybridized carbons (Fsp3) is 0.312. The number of aryl methyl sites for hydroxylation is 2. The molecular formula is C16H18N6O2S. The minimum atomic E-state index is -3.01. The lowest BCUT2D eigenvalue weighted by atomic mass is 10.2. The molecule has 0 unspecified atom stereocenters. The van der Waals surface area contributed by atoms with Gasteiger partial charge in [0.25, 0.3) is 0 Å². The zero-order valence-electron chi connectivity index (χ0n) is 14.0. The van der Waals surface area contributed by atoms with Crippen LogP contribution in [0.3, 0.4) is 0 Å². The Balaban J connectivity index is 1.70. The van der Waals surface area contributed by atoms with Gasteiger partial charge in [0.1, 0.15) is 9.84 Å². The summed E-state index contributed by atoms with van der Waals surface area (Å²) >= 11 is 0. The van der Waals surface area contributed by atoms with Crippen molar-refractivity contribution in [1.29, 1.82) is 5.26 Å². The van der Waals surface area contributed by atoms with Crippen molar-refractivity contribution < 1.29 is 8.42 Å². The summed E-state index contributed by atoms with van der Waals surface area (Å²) in [5, 5.41) is 16.4. The number of nitrogens with zero attached hydrogens (tertiary/aromatic N) is 5. The quantitative estimate of drug-likeness (QED) is 0.712. The zero-order chi connectivity index (χ0) is 18.0. The third-order valence-corrected chi connectivity index (χ3v) is 4.76. The van der Waals surface area contributed by atoms with Crippen molar-refractivity contribution in [2.45, 2.75) is 13.1 Å². The van der Waals surface area contributed by atoms with Crippen molar-refractivity contribution >= 4 is 26.8 Å². The molecule has 0 saturated heterocycles. The fourth-order valence-electron chi connectivity index (χ4n) is 2.49. The second kappa shape index (κ2) is 6.57. The van der Waals surface area contributed by atoms with Crippen molar-refractivity contribution in [1.82, 2.24) is 19.3 Å². The summed E-state index contributed by atoms with van der Waals surface area (Å²) in [7, 11) is -1.11. The van der Waals surface area contributed by atoms with E-state index in [2.05, 4.69) is 21.5 Å². The molecule has 0 fully saturated rings. The van der Waals surface area contributed by atoms with Gasteiger partial charge in [-0.15, -0.1) is 0 Å². The first kappa shape index (κ1) is 17.0. The number of imidazole rings is 1. The minimum absolute atomic E-state index is 0.0630. The van der Waals surface area contributed by atoms with Gasteiger partial charge >= 0.3 is 0 Å². The topological polar surface area (TPSA) is 106 Å². The number of anilines is 1. The maximum Gasteiger partial charge on any atom is 0.203 e. The van der Waals surface area contributed by atoms with Crippen LogP contribution < -0.4 is 5.32 Å². The number of rotatable bonds is 6. The van der Waals surface area contributed by atoms with E-state index in [1.54, 1.807) is 23.0 Å². The lowest BCUT2D eigenvalue weighted by Gasteiger charge is -2.04. The molecule has 0 atom stereocenters. The smallest absolute Gasteiger partial charge is 0.203 e. The molecule has 2 heterocycles. The molecule has 130 valence electrons. The largest absolute Gasteiger partial charge is 0.351 e. The van der Waals surface area contributed by atoms with Crippen LogP contribution in [0, 0.1) is 11.3 Å². The third kappa shape index (κ3) is 3.97. The molecule has 0 amide bonds. The van der Waals surface area contributed by atoms with Crippen molar-refractivity contribution in [3.63, 3.8) is 0 Å². The molecule has 8 nitrogen and oxygen atoms in total. The van der Waals surface area contributed by atoms with Crippen LogP contribution in [-0.4, -0.2) is 39.8 Å². The first-order chi connectivity index (χ1) is 11.9. The predicted molar refractivity (Wildman–Crippen MR) is 94.7 cm³/mol. The number of nitriles is 1. The second-order valence-corrected chi connectivity index (χ2v) is 8.16. The first-order valence-electron chi connectivity index (χ1n) is 7.65. The molecule has 25 heavy (non-hydrogen) atoms. The van der Waals surface area contributed by atoms with Gasteiger partial charge < -0.3 is 9.88 Å². The van der Waals surface area contributed by atoms with E-state index < -0.39 is 9.84 Å². The third-order valence-electron chi connectivity index (χ3n) is 3.84. The Morgan fingerprint density at radius 3 is 2.88 bits per heavy atom. The molecule has 3 aromatic rings. The summed E-state index contributed by atoms with van der Waals surface area (Å²) in [6, 6.07) is 7.49. The lowest BCUT2D eigenvalue weighted by molar-refractivity contribution is 0.586. The SMILES string of the molecule is Cn1c(NCc2cnn(CCS(C)(=O)=O)c2)nc2cc(C#N)ccc21. The number of fused-ring (bicyclic) bond motifs is 1. The van der Waals surface area contributed by atoms with E-state index in [1.807, 2.05) is 23.9 Å². The summed E-state index contributed by atoms with van der Waals surface area (Å²) < 4.78 is 26.0. The Morgan fingerprint density at radius 1 is 1.36 bits per heavy atom. The minimum Gasteiger partial charge on any atom is -0.351 e. The fourth-order valence-corrected chi connectivity index (χ4v) is 3.01. The highest BCUT2D eigenvalue weighted by Gasteiger charge is 2.09. The molecule has 0 aliphatic heterocycles. The maximum atomic E-state index is 11.2. The second-order valence-electron chi connectivity index (χ2n) is 5.90. The number of benzene rings is 1. The van der Waals surface area contributed by atoms with Crippen LogP contribution in [0.2, 0.25) is 0 Å². The van der Waals surface area contributed by atoms with E-state index in [0.717, 1.165) is 16.6 Å². The molecule has 1 N–H and O–H groups in total. The number of aromatic nitrogens is 4. The maximum absolute atomic E-state index is 11.2. The summed E-state index contributed by atoms with van der Waals surface area (Å²) in [4.78, 5) is 4.51. The molecule has 0 aliphatic carbocycles. The number of hydrogen-bond acceptors (Lipinski definition) is 6.